The van der Waals surface area contributed by atoms with Crippen molar-refractivity contribution in [1.82, 2.24) is 0 Å². The van der Waals surface area contributed by atoms with Crippen LogP contribution in [0.3, 0.4) is 0 Å². The summed E-state index contributed by atoms with van der Waals surface area (Å²) >= 11 is 0. The minimum Gasteiger partial charge on any atom is -0.469 e. The molecule has 2 rings (SSSR count). The van der Waals surface area contributed by atoms with Crippen molar-refractivity contribution in [2.45, 2.75) is 46.5 Å². The van der Waals surface area contributed by atoms with Crippen molar-refractivity contribution in [3.05, 3.63) is 34.4 Å². The number of esters is 1. The maximum Gasteiger partial charge on any atom is 0.309 e. The number of ketones is 1. The van der Waals surface area contributed by atoms with Crippen LogP contribution in [0.2, 0.25) is 0 Å². The summed E-state index contributed by atoms with van der Waals surface area (Å²) in [7, 11) is 1.40. The van der Waals surface area contributed by atoms with Gasteiger partial charge in [-0.1, -0.05) is 24.1 Å². The molecular weight excluding hydrogens is 264 g/mol. The van der Waals surface area contributed by atoms with E-state index in [4.69, 9.17) is 4.74 Å². The Bertz CT molecular complexity index is 537. The van der Waals surface area contributed by atoms with E-state index in [1.54, 1.807) is 0 Å². The predicted molar refractivity (Wildman–Crippen MR) is 82.2 cm³/mol. The van der Waals surface area contributed by atoms with Gasteiger partial charge >= 0.3 is 5.97 Å². The highest BCUT2D eigenvalue weighted by Crippen LogP contribution is 2.34. The maximum absolute atomic E-state index is 12.6. The molecule has 1 fully saturated rings. The fourth-order valence-corrected chi connectivity index (χ4v) is 3.57. The molecule has 1 saturated carbocycles. The predicted octanol–water partition coefficient (Wildman–Crippen LogP) is 3.31. The van der Waals surface area contributed by atoms with Crippen LogP contribution in [0.25, 0.3) is 0 Å². The summed E-state index contributed by atoms with van der Waals surface area (Å²) in [5, 5.41) is 0. The Morgan fingerprint density at radius 3 is 2.24 bits per heavy atom. The van der Waals surface area contributed by atoms with Gasteiger partial charge in [-0.15, -0.1) is 0 Å². The zero-order chi connectivity index (χ0) is 15.6. The molecule has 3 heteroatoms. The zero-order valence-electron chi connectivity index (χ0n) is 13.4. The monoisotopic (exact) mass is 288 g/mol. The van der Waals surface area contributed by atoms with Crippen LogP contribution in [0, 0.1) is 32.6 Å². The van der Waals surface area contributed by atoms with Crippen molar-refractivity contribution in [2.75, 3.05) is 7.11 Å². The van der Waals surface area contributed by atoms with Gasteiger partial charge < -0.3 is 4.74 Å². The molecule has 2 atom stereocenters. The number of rotatable bonds is 4. The maximum atomic E-state index is 12.6. The number of methoxy groups -OCH3 is 1. The first-order valence-corrected chi connectivity index (χ1v) is 7.61. The van der Waals surface area contributed by atoms with Crippen LogP contribution in [0.4, 0.5) is 0 Å². The highest BCUT2D eigenvalue weighted by molar-refractivity contribution is 5.89. The number of hydrogen-bond acceptors (Lipinski definition) is 3. The van der Waals surface area contributed by atoms with Crippen LogP contribution in [0.15, 0.2) is 12.1 Å². The molecule has 0 spiro atoms. The standard InChI is InChI=1S/C18H24O3/c1-11-8-12(2)16(13(3)9-11)10-17(19)14-6-5-7-15(14)18(20)21-4/h8-9,14-15H,5-7,10H2,1-4H3. The quantitative estimate of drug-likeness (QED) is 0.798. The van der Waals surface area contributed by atoms with Crippen molar-refractivity contribution in [1.29, 1.82) is 0 Å². The van der Waals surface area contributed by atoms with Crippen LogP contribution in [-0.4, -0.2) is 18.9 Å². The lowest BCUT2D eigenvalue weighted by Crippen LogP contribution is -2.28. The summed E-state index contributed by atoms with van der Waals surface area (Å²) in [6, 6.07) is 4.23. The smallest absolute Gasteiger partial charge is 0.309 e. The minimum atomic E-state index is -0.242. The van der Waals surface area contributed by atoms with Crippen molar-refractivity contribution in [2.24, 2.45) is 11.8 Å². The molecule has 3 nitrogen and oxygen atoms in total. The summed E-state index contributed by atoms with van der Waals surface area (Å²) in [4.78, 5) is 24.4. The second kappa shape index (κ2) is 6.42. The van der Waals surface area contributed by atoms with Gasteiger partial charge in [-0.05, 0) is 50.3 Å². The molecule has 0 heterocycles. The molecule has 0 amide bonds. The van der Waals surface area contributed by atoms with Crippen molar-refractivity contribution < 1.29 is 14.3 Å². The van der Waals surface area contributed by atoms with Gasteiger partial charge in [-0.2, -0.15) is 0 Å². The molecule has 114 valence electrons. The molecule has 0 radical (unpaired) electrons. The van der Waals surface area contributed by atoms with E-state index in [2.05, 4.69) is 32.9 Å². The van der Waals surface area contributed by atoms with E-state index in [1.807, 2.05) is 0 Å². The Balaban J connectivity index is 2.17. The lowest BCUT2D eigenvalue weighted by Gasteiger charge is -2.18. The Morgan fingerprint density at radius 1 is 1.10 bits per heavy atom. The number of hydrogen-bond donors (Lipinski definition) is 0. The van der Waals surface area contributed by atoms with E-state index in [0.29, 0.717) is 6.42 Å². The molecule has 0 saturated heterocycles. The van der Waals surface area contributed by atoms with Crippen LogP contribution in [-0.2, 0) is 20.7 Å². The van der Waals surface area contributed by atoms with Gasteiger partial charge in [0.1, 0.15) is 5.78 Å². The van der Waals surface area contributed by atoms with Crippen LogP contribution < -0.4 is 0 Å². The topological polar surface area (TPSA) is 43.4 Å². The van der Waals surface area contributed by atoms with E-state index < -0.39 is 0 Å². The second-order valence-corrected chi connectivity index (χ2v) is 6.19. The van der Waals surface area contributed by atoms with E-state index in [0.717, 1.165) is 36.0 Å². The number of Topliss-reactive ketones (excluding diaryl/α,β-unsaturated/α-hetero) is 1. The van der Waals surface area contributed by atoms with E-state index >= 15 is 0 Å². The number of aryl methyl sites for hydroxylation is 3. The molecule has 2 unspecified atom stereocenters. The van der Waals surface area contributed by atoms with Gasteiger partial charge in [0.15, 0.2) is 0 Å². The van der Waals surface area contributed by atoms with E-state index in [-0.39, 0.29) is 23.6 Å². The molecule has 1 aliphatic carbocycles. The Hall–Kier alpha value is -1.64. The van der Waals surface area contributed by atoms with Crippen LogP contribution in [0.1, 0.15) is 41.5 Å². The number of ether oxygens (including phenoxy) is 1. The first-order valence-electron chi connectivity index (χ1n) is 7.61. The van der Waals surface area contributed by atoms with Gasteiger partial charge in [0.2, 0.25) is 0 Å². The SMILES string of the molecule is COC(=O)C1CCCC1C(=O)Cc1c(C)cc(C)cc1C. The molecule has 0 N–H and O–H groups in total. The summed E-state index contributed by atoms with van der Waals surface area (Å²) in [5.74, 6) is -0.465. The van der Waals surface area contributed by atoms with Crippen LogP contribution in [0.5, 0.6) is 0 Å². The molecule has 1 aromatic carbocycles. The molecule has 1 aromatic rings. The third-order valence-corrected chi connectivity index (χ3v) is 4.62. The fourth-order valence-electron chi connectivity index (χ4n) is 3.57. The molecule has 21 heavy (non-hydrogen) atoms. The number of carbonyl (C=O) groups is 2. The average Bonchev–Trinajstić information content (AvgIpc) is 2.91. The first kappa shape index (κ1) is 15.7. The van der Waals surface area contributed by atoms with Crippen molar-refractivity contribution >= 4 is 11.8 Å². The summed E-state index contributed by atoms with van der Waals surface area (Å²) < 4.78 is 4.84. The van der Waals surface area contributed by atoms with E-state index in [1.165, 1.54) is 12.7 Å². The number of benzene rings is 1. The van der Waals surface area contributed by atoms with Crippen LogP contribution >= 0.6 is 0 Å². The molecule has 0 aromatic heterocycles. The Morgan fingerprint density at radius 2 is 1.67 bits per heavy atom. The number of carbonyl (C=O) groups excluding carboxylic acids is 2. The van der Waals surface area contributed by atoms with Crippen molar-refractivity contribution in [3.63, 3.8) is 0 Å². The van der Waals surface area contributed by atoms with Crippen molar-refractivity contribution in [3.8, 4) is 0 Å². The highest BCUT2D eigenvalue weighted by atomic mass is 16.5. The van der Waals surface area contributed by atoms with Gasteiger partial charge in [0, 0.05) is 12.3 Å². The highest BCUT2D eigenvalue weighted by Gasteiger charge is 2.38. The van der Waals surface area contributed by atoms with Gasteiger partial charge in [0.25, 0.3) is 0 Å². The summed E-state index contributed by atoms with van der Waals surface area (Å²) in [6.45, 7) is 6.17. The van der Waals surface area contributed by atoms with E-state index in [9.17, 15) is 9.59 Å². The first-order chi connectivity index (χ1) is 9.93. The van der Waals surface area contributed by atoms with Gasteiger partial charge in [-0.25, -0.2) is 0 Å². The normalized spacial score (nSPS) is 21.3. The Labute approximate surface area is 126 Å². The lowest BCUT2D eigenvalue weighted by molar-refractivity contribution is -0.148. The third kappa shape index (κ3) is 3.34. The zero-order valence-corrected chi connectivity index (χ0v) is 13.4. The van der Waals surface area contributed by atoms with Gasteiger partial charge in [0.05, 0.1) is 13.0 Å². The third-order valence-electron chi connectivity index (χ3n) is 4.62. The molecule has 0 bridgehead atoms. The molecule has 0 aliphatic heterocycles. The summed E-state index contributed by atoms with van der Waals surface area (Å²) in [6.07, 6.45) is 2.94. The molecule has 1 aliphatic rings. The molecular formula is C18H24O3. The summed E-state index contributed by atoms with van der Waals surface area (Å²) in [5.41, 5.74) is 4.65. The average molecular weight is 288 g/mol. The largest absolute Gasteiger partial charge is 0.469 e. The minimum absolute atomic E-state index is 0.169. The fraction of sp³-hybridized carbons (Fsp3) is 0.556. The second-order valence-electron chi connectivity index (χ2n) is 6.19. The Kier molecular flexibility index (Phi) is 4.81. The lowest BCUT2D eigenvalue weighted by atomic mass is 9.86. The van der Waals surface area contributed by atoms with Gasteiger partial charge in [-0.3, -0.25) is 9.59 Å².